The van der Waals surface area contributed by atoms with Crippen molar-refractivity contribution in [2.24, 2.45) is 0 Å². The van der Waals surface area contributed by atoms with E-state index in [2.05, 4.69) is 25.1 Å². The van der Waals surface area contributed by atoms with Crippen LogP contribution in [0, 0.1) is 6.92 Å². The quantitative estimate of drug-likeness (QED) is 0.802. The van der Waals surface area contributed by atoms with Crippen molar-refractivity contribution in [1.82, 2.24) is 4.98 Å². The monoisotopic (exact) mass is 289 g/mol. The Hall–Kier alpha value is -1.42. The second-order valence-electron chi connectivity index (χ2n) is 5.50. The second kappa shape index (κ2) is 5.17. The maximum Gasteiger partial charge on any atom is 0.319 e. The number of ether oxygens (including phenoxy) is 1. The predicted molar refractivity (Wildman–Crippen MR) is 81.1 cm³/mol. The van der Waals surface area contributed by atoms with Crippen LogP contribution in [0.4, 0.5) is 0 Å². The lowest BCUT2D eigenvalue weighted by Crippen LogP contribution is -2.34. The molecule has 3 nitrogen and oxygen atoms in total. The highest BCUT2D eigenvalue weighted by atomic mass is 32.1. The van der Waals surface area contributed by atoms with Crippen molar-refractivity contribution in [2.45, 2.75) is 44.9 Å². The van der Waals surface area contributed by atoms with Gasteiger partial charge in [-0.05, 0) is 44.4 Å². The molecule has 4 heteroatoms. The Morgan fingerprint density at radius 2 is 2.15 bits per heavy atom. The highest BCUT2D eigenvalue weighted by Gasteiger charge is 2.46. The lowest BCUT2D eigenvalue weighted by Gasteiger charge is -2.23. The number of benzene rings is 1. The number of thiazole rings is 1. The van der Waals surface area contributed by atoms with Crippen LogP contribution >= 0.6 is 11.3 Å². The molecule has 0 saturated heterocycles. The molecule has 3 rings (SSSR count). The highest BCUT2D eigenvalue weighted by Crippen LogP contribution is 2.44. The molecule has 0 unspecified atom stereocenters. The van der Waals surface area contributed by atoms with Gasteiger partial charge in [-0.3, -0.25) is 4.79 Å². The minimum atomic E-state index is -0.492. The normalized spacial score (nSPS) is 17.5. The minimum Gasteiger partial charge on any atom is -0.465 e. The van der Waals surface area contributed by atoms with Crippen molar-refractivity contribution in [3.8, 4) is 0 Å². The van der Waals surface area contributed by atoms with Gasteiger partial charge in [0.05, 0.1) is 16.8 Å². The Morgan fingerprint density at radius 3 is 2.85 bits per heavy atom. The van der Waals surface area contributed by atoms with Gasteiger partial charge in [0.1, 0.15) is 10.4 Å². The molecule has 0 aliphatic heterocycles. The summed E-state index contributed by atoms with van der Waals surface area (Å²) in [6.07, 6.45) is 3.89. The second-order valence-corrected chi connectivity index (χ2v) is 6.53. The number of fused-ring (bicyclic) bond motifs is 1. The van der Waals surface area contributed by atoms with Gasteiger partial charge in [-0.25, -0.2) is 4.98 Å². The molecule has 1 aromatic carbocycles. The lowest BCUT2D eigenvalue weighted by atomic mass is 9.87. The number of carbonyl (C=O) groups excluding carboxylic acids is 1. The standard InChI is InChI=1S/C16H19NO2S/c1-3-19-15(18)16(8-4-5-9-16)14-17-12-10-11(2)6-7-13(12)20-14/h6-7,10H,3-5,8-9H2,1-2H3. The molecule has 1 aromatic heterocycles. The van der Waals surface area contributed by atoms with E-state index in [1.165, 1.54) is 5.56 Å². The van der Waals surface area contributed by atoms with E-state index >= 15 is 0 Å². The average Bonchev–Trinajstić information content (AvgIpc) is 3.05. The highest BCUT2D eigenvalue weighted by molar-refractivity contribution is 7.18. The fourth-order valence-electron chi connectivity index (χ4n) is 3.00. The molecular formula is C16H19NO2S. The largest absolute Gasteiger partial charge is 0.465 e. The third kappa shape index (κ3) is 2.12. The number of esters is 1. The molecule has 0 spiro atoms. The van der Waals surface area contributed by atoms with E-state index < -0.39 is 5.41 Å². The van der Waals surface area contributed by atoms with Gasteiger partial charge in [-0.2, -0.15) is 0 Å². The minimum absolute atomic E-state index is 0.0896. The van der Waals surface area contributed by atoms with Crippen molar-refractivity contribution >= 4 is 27.5 Å². The topological polar surface area (TPSA) is 39.2 Å². The van der Waals surface area contributed by atoms with Gasteiger partial charge in [0.2, 0.25) is 0 Å². The summed E-state index contributed by atoms with van der Waals surface area (Å²) in [5, 5.41) is 0.939. The lowest BCUT2D eigenvalue weighted by molar-refractivity contribution is -0.150. The van der Waals surface area contributed by atoms with Gasteiger partial charge in [0, 0.05) is 0 Å². The molecule has 106 valence electrons. The molecule has 1 saturated carbocycles. The Labute approximate surface area is 123 Å². The molecule has 1 heterocycles. The number of carbonyl (C=O) groups is 1. The summed E-state index contributed by atoms with van der Waals surface area (Å²) < 4.78 is 6.48. The van der Waals surface area contributed by atoms with Crippen LogP contribution in [0.5, 0.6) is 0 Å². The molecule has 1 fully saturated rings. The molecule has 0 N–H and O–H groups in total. The van der Waals surface area contributed by atoms with E-state index in [-0.39, 0.29) is 5.97 Å². The maximum atomic E-state index is 12.5. The van der Waals surface area contributed by atoms with Gasteiger partial charge in [0.25, 0.3) is 0 Å². The summed E-state index contributed by atoms with van der Waals surface area (Å²) in [6, 6.07) is 6.28. The van der Waals surface area contributed by atoms with E-state index in [0.717, 1.165) is 40.9 Å². The summed E-state index contributed by atoms with van der Waals surface area (Å²) in [5.41, 5.74) is 1.71. The van der Waals surface area contributed by atoms with Gasteiger partial charge in [0.15, 0.2) is 0 Å². The van der Waals surface area contributed by atoms with E-state index in [1.807, 2.05) is 6.92 Å². The van der Waals surface area contributed by atoms with Gasteiger partial charge in [-0.15, -0.1) is 11.3 Å². The van der Waals surface area contributed by atoms with Crippen LogP contribution in [0.25, 0.3) is 10.2 Å². The smallest absolute Gasteiger partial charge is 0.319 e. The van der Waals surface area contributed by atoms with Gasteiger partial charge >= 0.3 is 5.97 Å². The summed E-state index contributed by atoms with van der Waals surface area (Å²) in [7, 11) is 0. The van der Waals surface area contributed by atoms with Crippen LogP contribution in [0.1, 0.15) is 43.2 Å². The predicted octanol–water partition coefficient (Wildman–Crippen LogP) is 3.98. The van der Waals surface area contributed by atoms with E-state index in [1.54, 1.807) is 11.3 Å². The van der Waals surface area contributed by atoms with Crippen molar-refractivity contribution in [3.63, 3.8) is 0 Å². The van der Waals surface area contributed by atoms with E-state index in [9.17, 15) is 4.79 Å². The Bertz CT molecular complexity index is 641. The first-order valence-electron chi connectivity index (χ1n) is 7.20. The molecule has 0 radical (unpaired) electrons. The third-order valence-electron chi connectivity index (χ3n) is 4.08. The average molecular weight is 289 g/mol. The van der Waals surface area contributed by atoms with Crippen molar-refractivity contribution in [1.29, 1.82) is 0 Å². The van der Waals surface area contributed by atoms with E-state index in [4.69, 9.17) is 9.72 Å². The first-order chi connectivity index (χ1) is 9.65. The van der Waals surface area contributed by atoms with Crippen LogP contribution in [-0.2, 0) is 14.9 Å². The van der Waals surface area contributed by atoms with E-state index in [0.29, 0.717) is 6.61 Å². The first-order valence-corrected chi connectivity index (χ1v) is 8.02. The van der Waals surface area contributed by atoms with Crippen LogP contribution in [0.2, 0.25) is 0 Å². The molecular weight excluding hydrogens is 270 g/mol. The van der Waals surface area contributed by atoms with Crippen LogP contribution in [0.3, 0.4) is 0 Å². The molecule has 1 aliphatic rings. The van der Waals surface area contributed by atoms with Crippen LogP contribution in [0.15, 0.2) is 18.2 Å². The fourth-order valence-corrected chi connectivity index (χ4v) is 4.18. The zero-order valence-corrected chi connectivity index (χ0v) is 12.8. The number of rotatable bonds is 3. The first kappa shape index (κ1) is 13.6. The summed E-state index contributed by atoms with van der Waals surface area (Å²) in [4.78, 5) is 17.2. The van der Waals surface area contributed by atoms with Crippen molar-refractivity contribution in [2.75, 3.05) is 6.61 Å². The maximum absolute atomic E-state index is 12.5. The molecule has 0 bridgehead atoms. The van der Waals surface area contributed by atoms with Crippen LogP contribution in [-0.4, -0.2) is 17.6 Å². The summed E-state index contributed by atoms with van der Waals surface area (Å²) in [6.45, 7) is 4.36. The fraction of sp³-hybridized carbons (Fsp3) is 0.500. The van der Waals surface area contributed by atoms with Crippen molar-refractivity contribution < 1.29 is 9.53 Å². The number of nitrogens with zero attached hydrogens (tertiary/aromatic N) is 1. The number of hydrogen-bond acceptors (Lipinski definition) is 4. The van der Waals surface area contributed by atoms with Crippen LogP contribution < -0.4 is 0 Å². The third-order valence-corrected chi connectivity index (χ3v) is 5.32. The summed E-state index contributed by atoms with van der Waals surface area (Å²) in [5.74, 6) is -0.0896. The zero-order chi connectivity index (χ0) is 14.2. The molecule has 0 amide bonds. The number of aromatic nitrogens is 1. The molecule has 0 atom stereocenters. The SMILES string of the molecule is CCOC(=O)C1(c2nc3cc(C)ccc3s2)CCCC1. The van der Waals surface area contributed by atoms with Crippen molar-refractivity contribution in [3.05, 3.63) is 28.8 Å². The summed E-state index contributed by atoms with van der Waals surface area (Å²) >= 11 is 1.64. The van der Waals surface area contributed by atoms with Gasteiger partial charge < -0.3 is 4.74 Å². The Balaban J connectivity index is 2.07. The van der Waals surface area contributed by atoms with Gasteiger partial charge in [-0.1, -0.05) is 18.9 Å². The zero-order valence-electron chi connectivity index (χ0n) is 11.9. The molecule has 2 aromatic rings. The number of hydrogen-bond donors (Lipinski definition) is 0. The molecule has 20 heavy (non-hydrogen) atoms. The Morgan fingerprint density at radius 1 is 1.40 bits per heavy atom. The number of aryl methyl sites for hydroxylation is 1. The molecule has 1 aliphatic carbocycles. The Kier molecular flexibility index (Phi) is 3.50.